The molecule has 0 aromatic heterocycles. The molecule has 1 unspecified atom stereocenters. The second-order valence-corrected chi connectivity index (χ2v) is 7.36. The first-order chi connectivity index (χ1) is 10.4. The van der Waals surface area contributed by atoms with Crippen LogP contribution < -0.4 is 5.32 Å². The number of benzene rings is 1. The fourth-order valence-corrected chi connectivity index (χ4v) is 4.92. The number of para-hydroxylation sites is 1. The molecule has 2 heteroatoms. The molecule has 4 rings (SSSR count). The molecule has 0 bridgehead atoms. The third kappa shape index (κ3) is 2.83. The Balaban J connectivity index is 1.42. The van der Waals surface area contributed by atoms with Gasteiger partial charge < -0.3 is 5.32 Å². The predicted octanol–water partition coefficient (Wildman–Crippen LogP) is 3.93. The SMILES string of the molecule is c1ccc2c(c1)CC(CN1CCC[C@H]3CCCC[C@H]31)CN2. The van der Waals surface area contributed by atoms with Crippen LogP contribution in [-0.2, 0) is 6.42 Å². The summed E-state index contributed by atoms with van der Waals surface area (Å²) < 4.78 is 0. The van der Waals surface area contributed by atoms with Crippen LogP contribution in [0.3, 0.4) is 0 Å². The molecule has 3 atom stereocenters. The van der Waals surface area contributed by atoms with Crippen LogP contribution >= 0.6 is 0 Å². The Morgan fingerprint density at radius 1 is 1.05 bits per heavy atom. The molecule has 0 radical (unpaired) electrons. The normalized spacial score (nSPS) is 32.9. The Hall–Kier alpha value is -1.02. The first-order valence-electron chi connectivity index (χ1n) is 8.96. The van der Waals surface area contributed by atoms with Gasteiger partial charge in [0.15, 0.2) is 0 Å². The Labute approximate surface area is 128 Å². The van der Waals surface area contributed by atoms with E-state index in [1.165, 1.54) is 69.3 Å². The minimum absolute atomic E-state index is 0.792. The summed E-state index contributed by atoms with van der Waals surface area (Å²) in [5.74, 6) is 1.80. The van der Waals surface area contributed by atoms with E-state index in [0.717, 1.165) is 24.4 Å². The molecule has 0 amide bonds. The van der Waals surface area contributed by atoms with E-state index in [2.05, 4.69) is 34.5 Å². The van der Waals surface area contributed by atoms with Gasteiger partial charge in [0.2, 0.25) is 0 Å². The number of hydrogen-bond acceptors (Lipinski definition) is 2. The van der Waals surface area contributed by atoms with Crippen LogP contribution in [0.2, 0.25) is 0 Å². The van der Waals surface area contributed by atoms with E-state index in [1.54, 1.807) is 0 Å². The van der Waals surface area contributed by atoms with E-state index < -0.39 is 0 Å². The lowest BCUT2D eigenvalue weighted by atomic mass is 9.78. The minimum atomic E-state index is 0.792. The summed E-state index contributed by atoms with van der Waals surface area (Å²) >= 11 is 0. The minimum Gasteiger partial charge on any atom is -0.384 e. The van der Waals surface area contributed by atoms with Crippen molar-refractivity contribution in [1.29, 1.82) is 0 Å². The standard InChI is InChI=1S/C19H28N2/c1-3-9-18-17(7-1)12-15(13-20-18)14-21-11-5-8-16-6-2-4-10-19(16)21/h1,3,7,9,15-16,19-20H,2,4-6,8,10-14H2/t15?,16-,19-/m1/s1. The number of fused-ring (bicyclic) bond motifs is 2. The zero-order valence-corrected chi connectivity index (χ0v) is 13.1. The molecule has 1 N–H and O–H groups in total. The second-order valence-electron chi connectivity index (χ2n) is 7.36. The molecular formula is C19H28N2. The van der Waals surface area contributed by atoms with Crippen molar-refractivity contribution in [2.24, 2.45) is 11.8 Å². The maximum absolute atomic E-state index is 3.65. The second kappa shape index (κ2) is 6.00. The topological polar surface area (TPSA) is 15.3 Å². The highest BCUT2D eigenvalue weighted by Crippen LogP contribution is 2.36. The average Bonchev–Trinajstić information content (AvgIpc) is 2.55. The maximum atomic E-state index is 3.65. The third-order valence-corrected chi connectivity index (χ3v) is 5.96. The molecule has 1 aromatic rings. The maximum Gasteiger partial charge on any atom is 0.0372 e. The lowest BCUT2D eigenvalue weighted by molar-refractivity contribution is 0.0490. The van der Waals surface area contributed by atoms with Crippen LogP contribution in [0.4, 0.5) is 5.69 Å². The number of likely N-dealkylation sites (tertiary alicyclic amines) is 1. The van der Waals surface area contributed by atoms with Crippen molar-refractivity contribution in [3.63, 3.8) is 0 Å². The summed E-state index contributed by atoms with van der Waals surface area (Å²) in [6, 6.07) is 9.76. The van der Waals surface area contributed by atoms with Crippen molar-refractivity contribution in [2.45, 2.75) is 51.0 Å². The van der Waals surface area contributed by atoms with Gasteiger partial charge in [-0.3, -0.25) is 4.90 Å². The van der Waals surface area contributed by atoms with Gasteiger partial charge in [0, 0.05) is 24.8 Å². The van der Waals surface area contributed by atoms with Gasteiger partial charge in [-0.2, -0.15) is 0 Å². The van der Waals surface area contributed by atoms with Crippen molar-refractivity contribution >= 4 is 5.69 Å². The molecule has 2 fully saturated rings. The number of piperidine rings is 1. The molecular weight excluding hydrogens is 256 g/mol. The van der Waals surface area contributed by atoms with Gasteiger partial charge in [-0.25, -0.2) is 0 Å². The number of nitrogens with zero attached hydrogens (tertiary/aromatic N) is 1. The molecule has 0 spiro atoms. The van der Waals surface area contributed by atoms with Crippen LogP contribution in [0.5, 0.6) is 0 Å². The molecule has 21 heavy (non-hydrogen) atoms. The van der Waals surface area contributed by atoms with Crippen molar-refractivity contribution in [1.82, 2.24) is 4.90 Å². The molecule has 2 nitrogen and oxygen atoms in total. The highest BCUT2D eigenvalue weighted by molar-refractivity contribution is 5.53. The highest BCUT2D eigenvalue weighted by atomic mass is 15.2. The van der Waals surface area contributed by atoms with Crippen molar-refractivity contribution in [3.8, 4) is 0 Å². The summed E-state index contributed by atoms with van der Waals surface area (Å²) in [5.41, 5.74) is 2.88. The molecule has 1 saturated heterocycles. The quantitative estimate of drug-likeness (QED) is 0.885. The zero-order valence-electron chi connectivity index (χ0n) is 13.1. The van der Waals surface area contributed by atoms with Gasteiger partial charge >= 0.3 is 0 Å². The molecule has 2 aliphatic heterocycles. The lowest BCUT2D eigenvalue weighted by Gasteiger charge is -2.45. The molecule has 3 aliphatic rings. The van der Waals surface area contributed by atoms with Gasteiger partial charge in [-0.05, 0) is 62.1 Å². The molecule has 1 saturated carbocycles. The third-order valence-electron chi connectivity index (χ3n) is 5.96. The summed E-state index contributed by atoms with van der Waals surface area (Å²) in [6.07, 6.45) is 10.1. The molecule has 2 heterocycles. The molecule has 1 aromatic carbocycles. The van der Waals surface area contributed by atoms with Gasteiger partial charge in [0.25, 0.3) is 0 Å². The summed E-state index contributed by atoms with van der Waals surface area (Å²) in [6.45, 7) is 3.81. The molecule has 114 valence electrons. The van der Waals surface area contributed by atoms with Gasteiger partial charge in [-0.15, -0.1) is 0 Å². The largest absolute Gasteiger partial charge is 0.384 e. The number of anilines is 1. The highest BCUT2D eigenvalue weighted by Gasteiger charge is 2.34. The lowest BCUT2D eigenvalue weighted by Crippen LogP contribution is -2.49. The van der Waals surface area contributed by atoms with E-state index in [1.807, 2.05) is 0 Å². The van der Waals surface area contributed by atoms with Crippen molar-refractivity contribution < 1.29 is 0 Å². The van der Waals surface area contributed by atoms with Gasteiger partial charge in [-0.1, -0.05) is 31.0 Å². The fraction of sp³-hybridized carbons (Fsp3) is 0.684. The van der Waals surface area contributed by atoms with Crippen LogP contribution in [0.15, 0.2) is 24.3 Å². The van der Waals surface area contributed by atoms with E-state index in [0.29, 0.717) is 0 Å². The Morgan fingerprint density at radius 3 is 2.90 bits per heavy atom. The predicted molar refractivity (Wildman–Crippen MR) is 88.7 cm³/mol. The van der Waals surface area contributed by atoms with Crippen molar-refractivity contribution in [2.75, 3.05) is 25.0 Å². The number of nitrogens with one attached hydrogen (secondary N) is 1. The van der Waals surface area contributed by atoms with Gasteiger partial charge in [0.05, 0.1) is 0 Å². The van der Waals surface area contributed by atoms with E-state index in [-0.39, 0.29) is 0 Å². The van der Waals surface area contributed by atoms with E-state index in [4.69, 9.17) is 0 Å². The fourth-order valence-electron chi connectivity index (χ4n) is 4.92. The van der Waals surface area contributed by atoms with Crippen LogP contribution in [-0.4, -0.2) is 30.6 Å². The summed E-state index contributed by atoms with van der Waals surface area (Å²) in [7, 11) is 0. The zero-order chi connectivity index (χ0) is 14.1. The Morgan fingerprint density at radius 2 is 1.90 bits per heavy atom. The van der Waals surface area contributed by atoms with Crippen LogP contribution in [0, 0.1) is 11.8 Å². The summed E-state index contributed by atoms with van der Waals surface area (Å²) in [5, 5.41) is 3.65. The Bertz CT molecular complexity index is 482. The van der Waals surface area contributed by atoms with Crippen LogP contribution in [0.25, 0.3) is 0 Å². The number of hydrogen-bond donors (Lipinski definition) is 1. The van der Waals surface area contributed by atoms with E-state index in [9.17, 15) is 0 Å². The Kier molecular flexibility index (Phi) is 3.89. The van der Waals surface area contributed by atoms with Gasteiger partial charge in [0.1, 0.15) is 0 Å². The van der Waals surface area contributed by atoms with Crippen molar-refractivity contribution in [3.05, 3.63) is 29.8 Å². The monoisotopic (exact) mass is 284 g/mol. The first kappa shape index (κ1) is 13.6. The van der Waals surface area contributed by atoms with E-state index >= 15 is 0 Å². The van der Waals surface area contributed by atoms with Crippen LogP contribution in [0.1, 0.15) is 44.1 Å². The molecule has 1 aliphatic carbocycles. The first-order valence-corrected chi connectivity index (χ1v) is 8.96. The number of rotatable bonds is 2. The average molecular weight is 284 g/mol. The summed E-state index contributed by atoms with van der Waals surface area (Å²) in [4.78, 5) is 2.85. The smallest absolute Gasteiger partial charge is 0.0372 e.